The molecule has 0 unspecified atom stereocenters. The molecule has 2 aromatic rings. The zero-order valence-corrected chi connectivity index (χ0v) is 11.2. The lowest BCUT2D eigenvalue weighted by molar-refractivity contribution is -0.134. The molecule has 0 spiro atoms. The summed E-state index contributed by atoms with van der Waals surface area (Å²) < 4.78 is 5.09. The van der Waals surface area contributed by atoms with Crippen LogP contribution < -0.4 is 10.2 Å². The summed E-state index contributed by atoms with van der Waals surface area (Å²) in [5.74, 6) is 0.308. The third-order valence-corrected chi connectivity index (χ3v) is 2.58. The summed E-state index contributed by atoms with van der Waals surface area (Å²) in [4.78, 5) is 11.1. The highest BCUT2D eigenvalue weighted by molar-refractivity contribution is 5.80. The molecule has 0 heterocycles. The molecular formula is C16H16N2O2. The van der Waals surface area contributed by atoms with Crippen LogP contribution in [0.5, 0.6) is 5.75 Å². The van der Waals surface area contributed by atoms with Crippen molar-refractivity contribution in [2.75, 3.05) is 5.43 Å². The summed E-state index contributed by atoms with van der Waals surface area (Å²) in [6.07, 6.45) is 2.07. The first-order chi connectivity index (χ1) is 9.78. The average Bonchev–Trinajstić information content (AvgIpc) is 2.50. The Morgan fingerprint density at radius 2 is 1.85 bits per heavy atom. The van der Waals surface area contributed by atoms with E-state index in [9.17, 15) is 4.79 Å². The van der Waals surface area contributed by atoms with Gasteiger partial charge in [-0.1, -0.05) is 25.1 Å². The molecule has 0 amide bonds. The van der Waals surface area contributed by atoms with E-state index in [2.05, 4.69) is 10.5 Å². The minimum absolute atomic E-state index is 0.239. The van der Waals surface area contributed by atoms with Crippen LogP contribution in [0.25, 0.3) is 0 Å². The Labute approximate surface area is 118 Å². The molecule has 4 heteroatoms. The zero-order valence-electron chi connectivity index (χ0n) is 11.2. The SMILES string of the molecule is CCC(=O)Oc1ccc(C=NNc2ccccc2)cc1. The van der Waals surface area contributed by atoms with Gasteiger partial charge in [-0.05, 0) is 42.0 Å². The maximum Gasteiger partial charge on any atom is 0.310 e. The van der Waals surface area contributed by atoms with Gasteiger partial charge in [0.15, 0.2) is 0 Å². The summed E-state index contributed by atoms with van der Waals surface area (Å²) >= 11 is 0. The van der Waals surface area contributed by atoms with Crippen LogP contribution in [-0.2, 0) is 4.79 Å². The van der Waals surface area contributed by atoms with Crippen molar-refractivity contribution in [1.29, 1.82) is 0 Å². The number of esters is 1. The summed E-state index contributed by atoms with van der Waals surface area (Å²) in [7, 11) is 0. The number of hydrazone groups is 1. The number of benzene rings is 2. The standard InChI is InChI=1S/C16H16N2O2/c1-2-16(19)20-15-10-8-13(9-11-15)12-17-18-14-6-4-3-5-7-14/h3-12,18H,2H2,1H3. The van der Waals surface area contributed by atoms with E-state index in [0.717, 1.165) is 11.3 Å². The molecule has 0 aliphatic heterocycles. The molecule has 1 N–H and O–H groups in total. The van der Waals surface area contributed by atoms with Crippen molar-refractivity contribution in [3.63, 3.8) is 0 Å². The number of ether oxygens (including phenoxy) is 1. The largest absolute Gasteiger partial charge is 0.427 e. The lowest BCUT2D eigenvalue weighted by atomic mass is 10.2. The van der Waals surface area contributed by atoms with Gasteiger partial charge in [-0.15, -0.1) is 0 Å². The molecule has 0 aliphatic rings. The number of hydrogen-bond donors (Lipinski definition) is 1. The number of anilines is 1. The van der Waals surface area contributed by atoms with Crippen molar-refractivity contribution < 1.29 is 9.53 Å². The van der Waals surface area contributed by atoms with Gasteiger partial charge in [-0.3, -0.25) is 10.2 Å². The number of carbonyl (C=O) groups excluding carboxylic acids is 1. The molecular weight excluding hydrogens is 252 g/mol. The summed E-state index contributed by atoms with van der Waals surface area (Å²) in [5, 5.41) is 4.14. The van der Waals surface area contributed by atoms with E-state index in [1.165, 1.54) is 0 Å². The van der Waals surface area contributed by atoms with Gasteiger partial charge in [0.1, 0.15) is 5.75 Å². The Morgan fingerprint density at radius 1 is 1.15 bits per heavy atom. The van der Waals surface area contributed by atoms with Crippen LogP contribution in [0.3, 0.4) is 0 Å². The van der Waals surface area contributed by atoms with E-state index in [4.69, 9.17) is 4.74 Å². The van der Waals surface area contributed by atoms with Gasteiger partial charge in [0.2, 0.25) is 0 Å². The predicted octanol–water partition coefficient (Wildman–Crippen LogP) is 3.45. The second kappa shape index (κ2) is 7.09. The smallest absolute Gasteiger partial charge is 0.310 e. The average molecular weight is 268 g/mol. The molecule has 0 saturated carbocycles. The molecule has 0 saturated heterocycles. The number of hydrogen-bond acceptors (Lipinski definition) is 4. The number of carbonyl (C=O) groups is 1. The molecule has 0 fully saturated rings. The lowest BCUT2D eigenvalue weighted by Gasteiger charge is -2.02. The number of nitrogens with zero attached hydrogens (tertiary/aromatic N) is 1. The third-order valence-electron chi connectivity index (χ3n) is 2.58. The minimum Gasteiger partial charge on any atom is -0.427 e. The minimum atomic E-state index is -0.239. The van der Waals surface area contributed by atoms with E-state index in [1.54, 1.807) is 25.3 Å². The van der Waals surface area contributed by atoms with Gasteiger partial charge in [0.05, 0.1) is 11.9 Å². The van der Waals surface area contributed by atoms with Gasteiger partial charge >= 0.3 is 5.97 Å². The third kappa shape index (κ3) is 4.24. The second-order valence-corrected chi connectivity index (χ2v) is 4.13. The molecule has 20 heavy (non-hydrogen) atoms. The van der Waals surface area contributed by atoms with Crippen molar-refractivity contribution in [3.05, 3.63) is 60.2 Å². The van der Waals surface area contributed by atoms with Gasteiger partial charge in [-0.25, -0.2) is 0 Å². The van der Waals surface area contributed by atoms with Crippen LogP contribution in [0.2, 0.25) is 0 Å². The Morgan fingerprint density at radius 3 is 2.50 bits per heavy atom. The monoisotopic (exact) mass is 268 g/mol. The highest BCUT2D eigenvalue weighted by Crippen LogP contribution is 2.12. The fraction of sp³-hybridized carbons (Fsp3) is 0.125. The van der Waals surface area contributed by atoms with Crippen LogP contribution in [-0.4, -0.2) is 12.2 Å². The van der Waals surface area contributed by atoms with Crippen LogP contribution in [0.1, 0.15) is 18.9 Å². The zero-order chi connectivity index (χ0) is 14.2. The van der Waals surface area contributed by atoms with Crippen LogP contribution in [0, 0.1) is 0 Å². The Kier molecular flexibility index (Phi) is 4.89. The van der Waals surface area contributed by atoms with Gasteiger partial charge in [0.25, 0.3) is 0 Å². The van der Waals surface area contributed by atoms with E-state index < -0.39 is 0 Å². The normalized spacial score (nSPS) is 10.4. The van der Waals surface area contributed by atoms with Crippen molar-refractivity contribution in [1.82, 2.24) is 0 Å². The number of para-hydroxylation sites is 1. The van der Waals surface area contributed by atoms with E-state index in [0.29, 0.717) is 12.2 Å². The number of rotatable bonds is 5. The van der Waals surface area contributed by atoms with Gasteiger partial charge in [0, 0.05) is 6.42 Å². The molecule has 102 valence electrons. The highest BCUT2D eigenvalue weighted by Gasteiger charge is 2.00. The topological polar surface area (TPSA) is 50.7 Å². The van der Waals surface area contributed by atoms with Crippen LogP contribution in [0.15, 0.2) is 59.7 Å². The first kappa shape index (κ1) is 13.8. The van der Waals surface area contributed by atoms with E-state index in [-0.39, 0.29) is 5.97 Å². The molecule has 2 rings (SSSR count). The van der Waals surface area contributed by atoms with Gasteiger partial charge in [-0.2, -0.15) is 5.10 Å². The van der Waals surface area contributed by atoms with Crippen LogP contribution >= 0.6 is 0 Å². The second-order valence-electron chi connectivity index (χ2n) is 4.13. The highest BCUT2D eigenvalue weighted by atomic mass is 16.5. The van der Waals surface area contributed by atoms with E-state index in [1.807, 2.05) is 42.5 Å². The molecule has 4 nitrogen and oxygen atoms in total. The fourth-order valence-electron chi connectivity index (χ4n) is 1.52. The van der Waals surface area contributed by atoms with Crippen molar-refractivity contribution in [2.24, 2.45) is 5.10 Å². The van der Waals surface area contributed by atoms with Crippen molar-refractivity contribution in [2.45, 2.75) is 13.3 Å². The molecule has 0 aliphatic carbocycles. The molecule has 0 aromatic heterocycles. The Hall–Kier alpha value is -2.62. The first-order valence-electron chi connectivity index (χ1n) is 6.43. The fourth-order valence-corrected chi connectivity index (χ4v) is 1.52. The summed E-state index contributed by atoms with van der Waals surface area (Å²) in [6, 6.07) is 16.9. The van der Waals surface area contributed by atoms with Gasteiger partial charge < -0.3 is 4.74 Å². The Balaban J connectivity index is 1.92. The maximum absolute atomic E-state index is 11.1. The Bertz CT molecular complexity index is 577. The molecule has 0 atom stereocenters. The quantitative estimate of drug-likeness (QED) is 0.391. The summed E-state index contributed by atoms with van der Waals surface area (Å²) in [6.45, 7) is 1.76. The van der Waals surface area contributed by atoms with E-state index >= 15 is 0 Å². The number of nitrogens with one attached hydrogen (secondary N) is 1. The van der Waals surface area contributed by atoms with Crippen molar-refractivity contribution >= 4 is 17.9 Å². The van der Waals surface area contributed by atoms with Crippen LogP contribution in [0.4, 0.5) is 5.69 Å². The summed E-state index contributed by atoms with van der Waals surface area (Å²) in [5.41, 5.74) is 4.78. The molecule has 0 radical (unpaired) electrons. The lowest BCUT2D eigenvalue weighted by Crippen LogP contribution is -2.05. The molecule has 0 bridgehead atoms. The van der Waals surface area contributed by atoms with Crippen molar-refractivity contribution in [3.8, 4) is 5.75 Å². The first-order valence-corrected chi connectivity index (χ1v) is 6.43. The predicted molar refractivity (Wildman–Crippen MR) is 80.0 cm³/mol. The maximum atomic E-state index is 11.1. The molecule has 2 aromatic carbocycles.